The number of nitrogens with one attached hydrogen (secondary N) is 1. The third-order valence-corrected chi connectivity index (χ3v) is 2.73. The first kappa shape index (κ1) is 15.5. The fourth-order valence-corrected chi connectivity index (χ4v) is 1.82. The molecule has 0 spiro atoms. The number of hydrogen-bond acceptors (Lipinski definition) is 4. The van der Waals surface area contributed by atoms with Crippen molar-refractivity contribution in [1.29, 1.82) is 5.26 Å². The van der Waals surface area contributed by atoms with Crippen LogP contribution in [-0.4, -0.2) is 31.2 Å². The fourth-order valence-electron chi connectivity index (χ4n) is 1.82. The van der Waals surface area contributed by atoms with Gasteiger partial charge in [-0.05, 0) is 6.07 Å². The minimum atomic E-state index is -4.47. The Morgan fingerprint density at radius 2 is 1.95 bits per heavy atom. The van der Waals surface area contributed by atoms with E-state index in [4.69, 9.17) is 5.26 Å². The molecule has 1 fully saturated rings. The van der Waals surface area contributed by atoms with Crippen LogP contribution >= 0.6 is 12.4 Å². The highest BCUT2D eigenvalue weighted by Gasteiger charge is 2.32. The van der Waals surface area contributed by atoms with Gasteiger partial charge < -0.3 is 10.2 Å². The van der Waals surface area contributed by atoms with Crippen LogP contribution in [0.1, 0.15) is 11.1 Å². The van der Waals surface area contributed by atoms with E-state index in [-0.39, 0.29) is 18.0 Å². The minimum Gasteiger partial charge on any atom is -0.353 e. The largest absolute Gasteiger partial charge is 0.417 e. The van der Waals surface area contributed by atoms with Crippen LogP contribution in [0.15, 0.2) is 12.3 Å². The van der Waals surface area contributed by atoms with Crippen molar-refractivity contribution in [3.8, 4) is 6.07 Å². The van der Waals surface area contributed by atoms with Crippen molar-refractivity contribution in [2.45, 2.75) is 6.18 Å². The first-order valence-electron chi connectivity index (χ1n) is 5.45. The predicted octanol–water partition coefficient (Wildman–Crippen LogP) is 1.80. The van der Waals surface area contributed by atoms with Gasteiger partial charge in [-0.1, -0.05) is 0 Å². The van der Waals surface area contributed by atoms with E-state index in [0.717, 1.165) is 25.4 Å². The average Bonchev–Trinajstić information content (AvgIpc) is 2.38. The molecule has 1 N–H and O–H groups in total. The van der Waals surface area contributed by atoms with Crippen molar-refractivity contribution >= 4 is 18.2 Å². The van der Waals surface area contributed by atoms with E-state index in [2.05, 4.69) is 10.3 Å². The van der Waals surface area contributed by atoms with E-state index < -0.39 is 11.7 Å². The SMILES string of the molecule is Cl.N#Cc1cc(C(F)(F)F)cnc1N1CCNCC1. The lowest BCUT2D eigenvalue weighted by Gasteiger charge is -2.29. The first-order valence-corrected chi connectivity index (χ1v) is 5.45. The Hall–Kier alpha value is -1.52. The zero-order valence-corrected chi connectivity index (χ0v) is 10.7. The zero-order valence-electron chi connectivity index (χ0n) is 9.87. The molecule has 0 atom stereocenters. The van der Waals surface area contributed by atoms with Crippen molar-refractivity contribution < 1.29 is 13.2 Å². The molecule has 0 bridgehead atoms. The van der Waals surface area contributed by atoms with Gasteiger partial charge in [-0.15, -0.1) is 12.4 Å². The van der Waals surface area contributed by atoms with Gasteiger partial charge in [0.2, 0.25) is 0 Å². The summed E-state index contributed by atoms with van der Waals surface area (Å²) in [5, 5.41) is 12.1. The Kier molecular flexibility index (Phi) is 4.97. The summed E-state index contributed by atoms with van der Waals surface area (Å²) in [6, 6.07) is 2.63. The highest BCUT2D eigenvalue weighted by atomic mass is 35.5. The molecule has 2 heterocycles. The van der Waals surface area contributed by atoms with E-state index in [1.54, 1.807) is 6.07 Å². The first-order chi connectivity index (χ1) is 8.52. The molecular weight excluding hydrogens is 281 g/mol. The predicted molar refractivity (Wildman–Crippen MR) is 66.3 cm³/mol. The maximum absolute atomic E-state index is 12.5. The molecule has 0 saturated carbocycles. The second-order valence-electron chi connectivity index (χ2n) is 3.94. The molecule has 1 aliphatic heterocycles. The normalized spacial score (nSPS) is 15.6. The van der Waals surface area contributed by atoms with Crippen LogP contribution in [0, 0.1) is 11.3 Å². The van der Waals surface area contributed by atoms with Crippen molar-refractivity contribution in [3.05, 3.63) is 23.4 Å². The molecule has 0 aliphatic carbocycles. The number of halogens is 4. The van der Waals surface area contributed by atoms with Crippen LogP contribution in [-0.2, 0) is 6.18 Å². The lowest BCUT2D eigenvalue weighted by molar-refractivity contribution is -0.137. The molecule has 0 unspecified atom stereocenters. The summed E-state index contributed by atoms with van der Waals surface area (Å²) >= 11 is 0. The molecule has 1 aromatic heterocycles. The van der Waals surface area contributed by atoms with Gasteiger partial charge >= 0.3 is 6.18 Å². The van der Waals surface area contributed by atoms with Crippen molar-refractivity contribution in [2.75, 3.05) is 31.1 Å². The Morgan fingerprint density at radius 3 is 2.47 bits per heavy atom. The van der Waals surface area contributed by atoms with Crippen molar-refractivity contribution in [1.82, 2.24) is 10.3 Å². The Bertz CT molecular complexity index is 478. The van der Waals surface area contributed by atoms with E-state index >= 15 is 0 Å². The van der Waals surface area contributed by atoms with Crippen LogP contribution in [0.2, 0.25) is 0 Å². The molecule has 1 aliphatic rings. The van der Waals surface area contributed by atoms with E-state index in [9.17, 15) is 13.2 Å². The van der Waals surface area contributed by atoms with Crippen LogP contribution in [0.5, 0.6) is 0 Å². The number of hydrogen-bond donors (Lipinski definition) is 1. The minimum absolute atomic E-state index is 0. The molecule has 4 nitrogen and oxygen atoms in total. The summed E-state index contributed by atoms with van der Waals surface area (Å²) in [6.07, 6.45) is -3.70. The monoisotopic (exact) mass is 292 g/mol. The number of nitriles is 1. The fraction of sp³-hybridized carbons (Fsp3) is 0.455. The standard InChI is InChI=1S/C11H11F3N4.ClH/c12-11(13,14)9-5-8(6-15)10(17-7-9)18-3-1-16-2-4-18;/h5,7,16H,1-4H2;1H. The van der Waals surface area contributed by atoms with Crippen LogP contribution < -0.4 is 10.2 Å². The summed E-state index contributed by atoms with van der Waals surface area (Å²) in [7, 11) is 0. The number of aromatic nitrogens is 1. The summed E-state index contributed by atoms with van der Waals surface area (Å²) in [6.45, 7) is 2.72. The van der Waals surface area contributed by atoms with Crippen molar-refractivity contribution in [3.63, 3.8) is 0 Å². The lowest BCUT2D eigenvalue weighted by atomic mass is 10.1. The van der Waals surface area contributed by atoms with Gasteiger partial charge in [-0.3, -0.25) is 0 Å². The molecule has 2 rings (SSSR count). The Balaban J connectivity index is 0.00000180. The number of alkyl halides is 3. The molecule has 104 valence electrons. The summed E-state index contributed by atoms with van der Waals surface area (Å²) in [4.78, 5) is 5.61. The van der Waals surface area contributed by atoms with Crippen molar-refractivity contribution in [2.24, 2.45) is 0 Å². The quantitative estimate of drug-likeness (QED) is 0.857. The summed E-state index contributed by atoms with van der Waals surface area (Å²) in [5.41, 5.74) is -0.926. The van der Waals surface area contributed by atoms with Gasteiger partial charge in [-0.25, -0.2) is 4.98 Å². The topological polar surface area (TPSA) is 52.0 Å². The summed E-state index contributed by atoms with van der Waals surface area (Å²) < 4.78 is 37.5. The van der Waals surface area contributed by atoms with E-state index in [1.165, 1.54) is 0 Å². The molecule has 0 radical (unpaired) electrons. The number of rotatable bonds is 1. The Morgan fingerprint density at radius 1 is 1.32 bits per heavy atom. The maximum Gasteiger partial charge on any atom is 0.417 e. The molecule has 0 amide bonds. The van der Waals surface area contributed by atoms with Crippen LogP contribution in [0.25, 0.3) is 0 Å². The lowest BCUT2D eigenvalue weighted by Crippen LogP contribution is -2.44. The highest BCUT2D eigenvalue weighted by molar-refractivity contribution is 5.85. The maximum atomic E-state index is 12.5. The number of pyridine rings is 1. The zero-order chi connectivity index (χ0) is 13.2. The van der Waals surface area contributed by atoms with Gasteiger partial charge in [0.15, 0.2) is 0 Å². The van der Waals surface area contributed by atoms with Gasteiger partial charge in [-0.2, -0.15) is 18.4 Å². The average molecular weight is 293 g/mol. The summed E-state index contributed by atoms with van der Waals surface area (Å²) in [5.74, 6) is 0.326. The Labute approximate surface area is 114 Å². The number of piperazine rings is 1. The van der Waals surface area contributed by atoms with Gasteiger partial charge in [0.05, 0.1) is 11.1 Å². The highest BCUT2D eigenvalue weighted by Crippen LogP contribution is 2.31. The number of anilines is 1. The van der Waals surface area contributed by atoms with E-state index in [1.807, 2.05) is 4.90 Å². The second kappa shape index (κ2) is 6.08. The molecule has 1 aromatic rings. The third kappa shape index (κ3) is 3.49. The number of nitrogens with zero attached hydrogens (tertiary/aromatic N) is 3. The van der Waals surface area contributed by atoms with E-state index in [0.29, 0.717) is 18.9 Å². The second-order valence-corrected chi connectivity index (χ2v) is 3.94. The van der Waals surface area contributed by atoms with Gasteiger partial charge in [0.1, 0.15) is 11.9 Å². The van der Waals surface area contributed by atoms with Crippen LogP contribution in [0.3, 0.4) is 0 Å². The molecular formula is C11H12ClF3N4. The van der Waals surface area contributed by atoms with Crippen LogP contribution in [0.4, 0.5) is 19.0 Å². The third-order valence-electron chi connectivity index (χ3n) is 2.73. The molecule has 0 aromatic carbocycles. The van der Waals surface area contributed by atoms with Gasteiger partial charge in [0.25, 0.3) is 0 Å². The molecule has 1 saturated heterocycles. The smallest absolute Gasteiger partial charge is 0.353 e. The molecule has 19 heavy (non-hydrogen) atoms. The molecule has 8 heteroatoms. The van der Waals surface area contributed by atoms with Gasteiger partial charge in [0, 0.05) is 32.4 Å².